The highest BCUT2D eigenvalue weighted by atomic mass is 19.4. The molecule has 0 atom stereocenters. The van der Waals surface area contributed by atoms with Gasteiger partial charge in [0.1, 0.15) is 5.82 Å². The van der Waals surface area contributed by atoms with Crippen molar-refractivity contribution in [2.24, 2.45) is 5.73 Å². The number of alkyl halides is 5. The molecule has 0 heterocycles. The predicted octanol–water partition coefficient (Wildman–Crippen LogP) is 2.42. The largest absolute Gasteiger partial charge is 0.463 e. The van der Waals surface area contributed by atoms with Crippen LogP contribution in [0.4, 0.5) is 32.0 Å². The van der Waals surface area contributed by atoms with Crippen LogP contribution in [0.15, 0.2) is 18.2 Å². The molecule has 106 valence electrons. The standard InChI is InChI=1S/C10H8F6N2O/c11-6-3-5(4-17)1-2-7(6)18-8(19)9(12,13)10(14,15)16/h1-3H,4,17H2,(H,18,19). The molecule has 1 aromatic rings. The molecule has 0 spiro atoms. The smallest absolute Gasteiger partial charge is 0.326 e. The Kier molecular flexibility index (Phi) is 4.09. The molecular formula is C10H8F6N2O. The van der Waals surface area contributed by atoms with E-state index >= 15 is 0 Å². The fourth-order valence-corrected chi connectivity index (χ4v) is 1.12. The van der Waals surface area contributed by atoms with Gasteiger partial charge in [-0.05, 0) is 17.7 Å². The highest BCUT2D eigenvalue weighted by Crippen LogP contribution is 2.36. The third-order valence-corrected chi connectivity index (χ3v) is 2.16. The number of amides is 1. The second-order valence-corrected chi connectivity index (χ2v) is 3.54. The maximum absolute atomic E-state index is 13.3. The lowest BCUT2D eigenvalue weighted by atomic mass is 10.2. The van der Waals surface area contributed by atoms with Gasteiger partial charge in [-0.3, -0.25) is 4.79 Å². The molecule has 1 rings (SSSR count). The van der Waals surface area contributed by atoms with Gasteiger partial charge in [0.05, 0.1) is 5.69 Å². The second kappa shape index (κ2) is 5.08. The molecule has 0 unspecified atom stereocenters. The second-order valence-electron chi connectivity index (χ2n) is 3.54. The zero-order valence-corrected chi connectivity index (χ0v) is 9.19. The Labute approximate surface area is 103 Å². The molecule has 3 nitrogen and oxygen atoms in total. The van der Waals surface area contributed by atoms with Crippen LogP contribution in [0.3, 0.4) is 0 Å². The van der Waals surface area contributed by atoms with Gasteiger partial charge in [-0.15, -0.1) is 0 Å². The summed E-state index contributed by atoms with van der Waals surface area (Å²) in [6.07, 6.45) is -6.05. The fraction of sp³-hybridized carbons (Fsp3) is 0.300. The van der Waals surface area contributed by atoms with Crippen molar-refractivity contribution in [1.82, 2.24) is 0 Å². The van der Waals surface area contributed by atoms with Crippen LogP contribution in [0.2, 0.25) is 0 Å². The maximum atomic E-state index is 13.3. The summed E-state index contributed by atoms with van der Waals surface area (Å²) in [7, 11) is 0. The van der Waals surface area contributed by atoms with Crippen LogP contribution >= 0.6 is 0 Å². The van der Waals surface area contributed by atoms with Gasteiger partial charge in [0.2, 0.25) is 0 Å². The summed E-state index contributed by atoms with van der Waals surface area (Å²) in [5.41, 5.74) is 4.68. The van der Waals surface area contributed by atoms with Crippen LogP contribution in [-0.4, -0.2) is 18.0 Å². The van der Waals surface area contributed by atoms with E-state index in [0.717, 1.165) is 12.1 Å². The number of halogens is 6. The predicted molar refractivity (Wildman–Crippen MR) is 53.9 cm³/mol. The maximum Gasteiger partial charge on any atom is 0.463 e. The van der Waals surface area contributed by atoms with E-state index in [4.69, 9.17) is 5.73 Å². The molecule has 3 N–H and O–H groups in total. The number of carbonyl (C=O) groups excluding carboxylic acids is 1. The van der Waals surface area contributed by atoms with Gasteiger partial charge in [-0.2, -0.15) is 22.0 Å². The van der Waals surface area contributed by atoms with Gasteiger partial charge in [0.15, 0.2) is 0 Å². The summed E-state index contributed by atoms with van der Waals surface area (Å²) >= 11 is 0. The minimum absolute atomic E-state index is 0.0517. The van der Waals surface area contributed by atoms with E-state index in [2.05, 4.69) is 0 Å². The van der Waals surface area contributed by atoms with E-state index in [1.54, 1.807) is 0 Å². The van der Waals surface area contributed by atoms with E-state index in [0.29, 0.717) is 0 Å². The van der Waals surface area contributed by atoms with Crippen molar-refractivity contribution in [2.45, 2.75) is 18.6 Å². The summed E-state index contributed by atoms with van der Waals surface area (Å²) < 4.78 is 74.2. The number of hydrogen-bond donors (Lipinski definition) is 2. The van der Waals surface area contributed by atoms with Crippen molar-refractivity contribution in [3.05, 3.63) is 29.6 Å². The molecular weight excluding hydrogens is 278 g/mol. The Hall–Kier alpha value is -1.77. The van der Waals surface area contributed by atoms with Crippen molar-refractivity contribution in [1.29, 1.82) is 0 Å². The van der Waals surface area contributed by atoms with Crippen LogP contribution in [-0.2, 0) is 11.3 Å². The van der Waals surface area contributed by atoms with Crippen molar-refractivity contribution in [3.63, 3.8) is 0 Å². The first kappa shape index (κ1) is 15.3. The molecule has 9 heteroatoms. The third-order valence-electron chi connectivity index (χ3n) is 2.16. The fourth-order valence-electron chi connectivity index (χ4n) is 1.12. The van der Waals surface area contributed by atoms with Crippen LogP contribution in [0.25, 0.3) is 0 Å². The minimum atomic E-state index is -6.05. The monoisotopic (exact) mass is 286 g/mol. The number of carbonyl (C=O) groups is 1. The summed E-state index contributed by atoms with van der Waals surface area (Å²) in [5, 5.41) is 1.18. The lowest BCUT2D eigenvalue weighted by Crippen LogP contribution is -2.47. The van der Waals surface area contributed by atoms with Gasteiger partial charge in [-0.1, -0.05) is 6.07 Å². The zero-order valence-electron chi connectivity index (χ0n) is 9.19. The molecule has 0 fully saturated rings. The Morgan fingerprint density at radius 1 is 1.21 bits per heavy atom. The number of anilines is 1. The molecule has 19 heavy (non-hydrogen) atoms. The summed E-state index contributed by atoms with van der Waals surface area (Å²) in [6, 6.07) is 2.85. The minimum Gasteiger partial charge on any atom is -0.326 e. The van der Waals surface area contributed by atoms with Crippen LogP contribution in [0, 0.1) is 5.82 Å². The average Bonchev–Trinajstić information content (AvgIpc) is 2.30. The molecule has 0 saturated carbocycles. The normalized spacial score (nSPS) is 12.4. The van der Waals surface area contributed by atoms with Crippen LogP contribution < -0.4 is 11.1 Å². The lowest BCUT2D eigenvalue weighted by Gasteiger charge is -2.18. The molecule has 0 aliphatic heterocycles. The number of nitrogens with two attached hydrogens (primary N) is 1. The van der Waals surface area contributed by atoms with Gasteiger partial charge >= 0.3 is 18.0 Å². The summed E-state index contributed by atoms with van der Waals surface area (Å²) in [5.74, 6) is -9.42. The Morgan fingerprint density at radius 3 is 2.21 bits per heavy atom. The average molecular weight is 286 g/mol. The molecule has 1 amide bonds. The topological polar surface area (TPSA) is 55.1 Å². The Bertz CT molecular complexity index is 485. The number of hydrogen-bond acceptors (Lipinski definition) is 2. The number of nitrogens with one attached hydrogen (secondary N) is 1. The van der Waals surface area contributed by atoms with Crippen LogP contribution in [0.5, 0.6) is 0 Å². The molecule has 0 saturated heterocycles. The molecule has 0 radical (unpaired) electrons. The van der Waals surface area contributed by atoms with Crippen molar-refractivity contribution >= 4 is 11.6 Å². The highest BCUT2D eigenvalue weighted by Gasteiger charge is 2.63. The SMILES string of the molecule is NCc1ccc(NC(=O)C(F)(F)C(F)(F)F)c(F)c1. The number of benzene rings is 1. The molecule has 1 aromatic carbocycles. The Morgan fingerprint density at radius 2 is 1.79 bits per heavy atom. The third kappa shape index (κ3) is 3.16. The highest BCUT2D eigenvalue weighted by molar-refractivity contribution is 5.96. The van der Waals surface area contributed by atoms with E-state index in [1.165, 1.54) is 11.4 Å². The first-order valence-corrected chi connectivity index (χ1v) is 4.84. The van der Waals surface area contributed by atoms with Crippen LogP contribution in [0.1, 0.15) is 5.56 Å². The van der Waals surface area contributed by atoms with Gasteiger partial charge in [-0.25, -0.2) is 4.39 Å². The van der Waals surface area contributed by atoms with E-state index in [1.807, 2.05) is 0 Å². The first-order chi connectivity index (χ1) is 8.59. The van der Waals surface area contributed by atoms with E-state index < -0.39 is 29.5 Å². The van der Waals surface area contributed by atoms with Gasteiger partial charge < -0.3 is 11.1 Å². The first-order valence-electron chi connectivity index (χ1n) is 4.84. The van der Waals surface area contributed by atoms with E-state index in [-0.39, 0.29) is 12.1 Å². The van der Waals surface area contributed by atoms with E-state index in [9.17, 15) is 31.1 Å². The summed E-state index contributed by atoms with van der Waals surface area (Å²) in [4.78, 5) is 10.8. The lowest BCUT2D eigenvalue weighted by molar-refractivity contribution is -0.267. The molecule has 0 bridgehead atoms. The Balaban J connectivity index is 2.95. The van der Waals surface area contributed by atoms with Gasteiger partial charge in [0.25, 0.3) is 0 Å². The quantitative estimate of drug-likeness (QED) is 0.838. The molecule has 0 aliphatic carbocycles. The van der Waals surface area contributed by atoms with Crippen molar-refractivity contribution in [3.8, 4) is 0 Å². The molecule has 0 aliphatic rings. The van der Waals surface area contributed by atoms with Crippen molar-refractivity contribution in [2.75, 3.05) is 5.32 Å². The number of rotatable bonds is 3. The zero-order chi connectivity index (χ0) is 14.8. The summed E-state index contributed by atoms with van der Waals surface area (Å²) in [6.45, 7) is -0.0517. The van der Waals surface area contributed by atoms with Crippen molar-refractivity contribution < 1.29 is 31.1 Å². The molecule has 0 aromatic heterocycles. The van der Waals surface area contributed by atoms with Gasteiger partial charge in [0, 0.05) is 6.54 Å².